The molecule has 3 aliphatic rings. The summed E-state index contributed by atoms with van der Waals surface area (Å²) >= 11 is 1.05. The molecule has 1 N–H and O–H groups in total. The van der Waals surface area contributed by atoms with Crippen molar-refractivity contribution < 1.29 is 17.9 Å². The molecule has 190 valence electrons. The second kappa shape index (κ2) is 10.4. The molecule has 35 heavy (non-hydrogen) atoms. The van der Waals surface area contributed by atoms with Crippen molar-refractivity contribution in [1.29, 1.82) is 0 Å². The normalized spacial score (nSPS) is 23.1. The van der Waals surface area contributed by atoms with E-state index in [2.05, 4.69) is 26.2 Å². The summed E-state index contributed by atoms with van der Waals surface area (Å²) in [6.07, 6.45) is 9.48. The van der Waals surface area contributed by atoms with Crippen molar-refractivity contribution in [3.8, 4) is 5.75 Å². The summed E-state index contributed by atoms with van der Waals surface area (Å²) in [6, 6.07) is 5.37. The van der Waals surface area contributed by atoms with Crippen LogP contribution in [-0.2, 0) is 16.3 Å². The average Bonchev–Trinajstić information content (AvgIpc) is 3.54. The maximum Gasteiger partial charge on any atom is 0.261 e. The second-order valence-corrected chi connectivity index (χ2v) is 13.2. The molecule has 0 spiro atoms. The summed E-state index contributed by atoms with van der Waals surface area (Å²) in [5, 5.41) is 3.11. The van der Waals surface area contributed by atoms with Gasteiger partial charge in [0.1, 0.15) is 4.21 Å². The predicted molar refractivity (Wildman–Crippen MR) is 137 cm³/mol. The third kappa shape index (κ3) is 5.81. The van der Waals surface area contributed by atoms with Crippen molar-refractivity contribution in [1.82, 2.24) is 15.2 Å². The van der Waals surface area contributed by atoms with E-state index in [4.69, 9.17) is 4.74 Å². The summed E-state index contributed by atoms with van der Waals surface area (Å²) in [6.45, 7) is 5.94. The van der Waals surface area contributed by atoms with Gasteiger partial charge >= 0.3 is 0 Å². The molecule has 2 fully saturated rings. The summed E-state index contributed by atoms with van der Waals surface area (Å²) in [4.78, 5) is 22.5. The number of fused-ring (bicyclic) bond motifs is 1. The molecule has 2 aromatic heterocycles. The summed E-state index contributed by atoms with van der Waals surface area (Å²) in [5.74, 6) is 2.54. The smallest absolute Gasteiger partial charge is 0.261 e. The van der Waals surface area contributed by atoms with Crippen molar-refractivity contribution in [2.75, 3.05) is 50.5 Å². The number of aromatic nitrogens is 1. The first-order valence-electron chi connectivity index (χ1n) is 12.6. The molecule has 0 atom stereocenters. The zero-order valence-corrected chi connectivity index (χ0v) is 21.9. The number of sulfone groups is 1. The standard InChI is InChI=1S/C25H34N4O4S2/c1-35(31,32)22-7-6-21(34-22)25(30)27-20-4-2-18(3-5-20)9-12-28-13-15-29(16-14-28)24-23-19(8-11-26-24)10-17-33-23/h6-8,11,18,20H,2-5,9-10,12-17H2,1H3,(H,27,30). The fourth-order valence-electron chi connectivity index (χ4n) is 5.36. The van der Waals surface area contributed by atoms with E-state index >= 15 is 0 Å². The molecule has 2 aliphatic heterocycles. The lowest BCUT2D eigenvalue weighted by atomic mass is 9.84. The van der Waals surface area contributed by atoms with Crippen LogP contribution in [0.5, 0.6) is 5.75 Å². The summed E-state index contributed by atoms with van der Waals surface area (Å²) in [5.41, 5.74) is 1.28. The number of thiophene rings is 1. The largest absolute Gasteiger partial charge is 0.489 e. The van der Waals surface area contributed by atoms with E-state index in [9.17, 15) is 13.2 Å². The number of piperazine rings is 1. The number of anilines is 1. The van der Waals surface area contributed by atoms with E-state index in [1.807, 2.05) is 6.20 Å². The number of pyridine rings is 1. The van der Waals surface area contributed by atoms with E-state index in [0.29, 0.717) is 10.8 Å². The van der Waals surface area contributed by atoms with Crippen molar-refractivity contribution >= 4 is 32.9 Å². The Labute approximate surface area is 211 Å². The van der Waals surface area contributed by atoms with E-state index in [1.54, 1.807) is 6.07 Å². The van der Waals surface area contributed by atoms with E-state index in [1.165, 1.54) is 24.3 Å². The van der Waals surface area contributed by atoms with E-state index in [0.717, 1.165) is 94.3 Å². The highest BCUT2D eigenvalue weighted by atomic mass is 32.2. The maximum atomic E-state index is 12.5. The highest BCUT2D eigenvalue weighted by Gasteiger charge is 2.27. The van der Waals surface area contributed by atoms with Crippen LogP contribution in [0.1, 0.15) is 47.3 Å². The minimum atomic E-state index is -3.27. The van der Waals surface area contributed by atoms with Crippen molar-refractivity contribution in [2.24, 2.45) is 5.92 Å². The average molecular weight is 519 g/mol. The number of rotatable bonds is 7. The lowest BCUT2D eigenvalue weighted by Crippen LogP contribution is -2.47. The number of hydrogen-bond donors (Lipinski definition) is 1. The molecular weight excluding hydrogens is 484 g/mol. The highest BCUT2D eigenvalue weighted by molar-refractivity contribution is 7.92. The zero-order chi connectivity index (χ0) is 24.4. The summed E-state index contributed by atoms with van der Waals surface area (Å²) < 4.78 is 29.4. The number of hydrogen-bond acceptors (Lipinski definition) is 8. The molecule has 1 amide bonds. The van der Waals surface area contributed by atoms with Crippen LogP contribution in [0.3, 0.4) is 0 Å². The van der Waals surface area contributed by atoms with Gasteiger partial charge < -0.3 is 15.0 Å². The Morgan fingerprint density at radius 1 is 1.14 bits per heavy atom. The van der Waals surface area contributed by atoms with Crippen molar-refractivity contribution in [3.05, 3.63) is 34.8 Å². The van der Waals surface area contributed by atoms with Crippen LogP contribution < -0.4 is 15.0 Å². The topological polar surface area (TPSA) is 91.8 Å². The number of carbonyl (C=O) groups is 1. The molecular formula is C25H34N4O4S2. The van der Waals surface area contributed by atoms with Gasteiger partial charge in [0.25, 0.3) is 5.91 Å². The van der Waals surface area contributed by atoms with Gasteiger partial charge in [-0.2, -0.15) is 0 Å². The van der Waals surface area contributed by atoms with Crippen LogP contribution >= 0.6 is 11.3 Å². The maximum absolute atomic E-state index is 12.5. The highest BCUT2D eigenvalue weighted by Crippen LogP contribution is 2.34. The third-order valence-electron chi connectivity index (χ3n) is 7.46. The SMILES string of the molecule is CS(=O)(=O)c1ccc(C(=O)NC2CCC(CCN3CCN(c4nccc5c4OCC5)CC3)CC2)s1. The number of nitrogens with zero attached hydrogens (tertiary/aromatic N) is 3. The Morgan fingerprint density at radius 3 is 2.63 bits per heavy atom. The number of carbonyl (C=O) groups excluding carboxylic acids is 1. The monoisotopic (exact) mass is 518 g/mol. The van der Waals surface area contributed by atoms with Gasteiger partial charge in [0.15, 0.2) is 21.4 Å². The van der Waals surface area contributed by atoms with Gasteiger partial charge in [0.2, 0.25) is 0 Å². The molecule has 1 saturated carbocycles. The second-order valence-electron chi connectivity index (χ2n) is 9.92. The molecule has 0 unspecified atom stereocenters. The molecule has 10 heteroatoms. The number of nitrogens with one attached hydrogen (secondary N) is 1. The molecule has 1 aliphatic carbocycles. The Balaban J connectivity index is 1.02. The molecule has 4 heterocycles. The van der Waals surface area contributed by atoms with Crippen LogP contribution in [0.25, 0.3) is 0 Å². The van der Waals surface area contributed by atoms with Gasteiger partial charge in [-0.1, -0.05) is 0 Å². The first-order chi connectivity index (χ1) is 16.9. The first kappa shape index (κ1) is 24.5. The fourth-order valence-corrected chi connectivity index (χ4v) is 7.19. The lowest BCUT2D eigenvalue weighted by molar-refractivity contribution is 0.0924. The van der Waals surface area contributed by atoms with Gasteiger partial charge in [-0.05, 0) is 62.8 Å². The zero-order valence-electron chi connectivity index (χ0n) is 20.2. The van der Waals surface area contributed by atoms with E-state index < -0.39 is 9.84 Å². The fraction of sp³-hybridized carbons (Fsp3) is 0.600. The predicted octanol–water partition coefficient (Wildman–Crippen LogP) is 2.98. The van der Waals surface area contributed by atoms with Crippen LogP contribution in [-0.4, -0.2) is 75.8 Å². The Hall–Kier alpha value is -2.17. The van der Waals surface area contributed by atoms with E-state index in [-0.39, 0.29) is 16.2 Å². The van der Waals surface area contributed by atoms with Crippen LogP contribution in [0.15, 0.2) is 28.6 Å². The Morgan fingerprint density at radius 2 is 1.91 bits per heavy atom. The molecule has 0 bridgehead atoms. The van der Waals surface area contributed by atoms with Gasteiger partial charge in [-0.15, -0.1) is 11.3 Å². The Bertz CT molecular complexity index is 1150. The van der Waals surface area contributed by atoms with Crippen LogP contribution in [0, 0.1) is 5.92 Å². The van der Waals surface area contributed by atoms with Gasteiger partial charge in [-0.3, -0.25) is 9.69 Å². The molecule has 1 saturated heterocycles. The molecule has 0 aromatic carbocycles. The Kier molecular flexibility index (Phi) is 7.31. The quantitative estimate of drug-likeness (QED) is 0.603. The molecule has 0 radical (unpaired) electrons. The minimum absolute atomic E-state index is 0.157. The molecule has 8 nitrogen and oxygen atoms in total. The number of ether oxygens (including phenoxy) is 1. The summed E-state index contributed by atoms with van der Waals surface area (Å²) in [7, 11) is -3.27. The molecule has 2 aromatic rings. The minimum Gasteiger partial charge on any atom is -0.489 e. The van der Waals surface area contributed by atoms with Crippen molar-refractivity contribution in [3.63, 3.8) is 0 Å². The third-order valence-corrected chi connectivity index (χ3v) is 10.4. The van der Waals surface area contributed by atoms with Crippen molar-refractivity contribution in [2.45, 2.75) is 48.8 Å². The number of amides is 1. The molecule has 5 rings (SSSR count). The van der Waals surface area contributed by atoms with Crippen LogP contribution in [0.2, 0.25) is 0 Å². The first-order valence-corrected chi connectivity index (χ1v) is 15.3. The van der Waals surface area contributed by atoms with Crippen LogP contribution in [0.4, 0.5) is 5.82 Å². The van der Waals surface area contributed by atoms with Gasteiger partial charge in [0, 0.05) is 56.7 Å². The van der Waals surface area contributed by atoms with Gasteiger partial charge in [-0.25, -0.2) is 13.4 Å². The van der Waals surface area contributed by atoms with Gasteiger partial charge in [0.05, 0.1) is 11.5 Å². The lowest BCUT2D eigenvalue weighted by Gasteiger charge is -2.37.